The number of aromatic amines is 2. The molecular formula is C23H23N7O. The van der Waals surface area contributed by atoms with Crippen LogP contribution in [-0.2, 0) is 0 Å². The smallest absolute Gasteiger partial charge is 0.159 e. The number of fused-ring (bicyclic) bond motifs is 2. The highest BCUT2D eigenvalue weighted by Gasteiger charge is 2.14. The SMILES string of the molecule is CC(C)CC(O)Nc1cncc(-c2ccc3[nH]nc(-c4nc5ccncc5[nH]4)c3c2)c1. The standard InChI is InChI=1S/C23H23N7O/c1-13(2)7-21(31)26-16-8-15(10-25-11-16)14-3-4-18-17(9-14)22(30-29-18)23-27-19-5-6-24-12-20(19)28-23/h3-6,8-13,21,26,31H,7H2,1-2H3,(H,27,28)(H,29,30). The normalized spacial score (nSPS) is 12.6. The Labute approximate surface area is 178 Å². The zero-order valence-corrected chi connectivity index (χ0v) is 17.3. The molecule has 1 aromatic carbocycles. The molecule has 0 saturated carbocycles. The van der Waals surface area contributed by atoms with Crippen molar-refractivity contribution in [3.63, 3.8) is 0 Å². The number of aliphatic hydroxyl groups excluding tert-OH is 1. The molecule has 0 saturated heterocycles. The van der Waals surface area contributed by atoms with E-state index in [0.717, 1.165) is 44.4 Å². The molecule has 0 aliphatic rings. The van der Waals surface area contributed by atoms with Gasteiger partial charge in [0.25, 0.3) is 0 Å². The maximum atomic E-state index is 10.2. The number of aromatic nitrogens is 6. The maximum Gasteiger partial charge on any atom is 0.159 e. The fourth-order valence-corrected chi connectivity index (χ4v) is 3.72. The molecule has 5 aromatic rings. The van der Waals surface area contributed by atoms with E-state index in [1.807, 2.05) is 30.5 Å². The topological polar surface area (TPSA) is 115 Å². The number of anilines is 1. The van der Waals surface area contributed by atoms with Crippen LogP contribution in [0.5, 0.6) is 0 Å². The van der Waals surface area contributed by atoms with Crippen molar-refractivity contribution >= 4 is 27.6 Å². The predicted molar refractivity (Wildman–Crippen MR) is 121 cm³/mol. The van der Waals surface area contributed by atoms with Gasteiger partial charge in [0.1, 0.15) is 11.9 Å². The van der Waals surface area contributed by atoms with Gasteiger partial charge in [-0.25, -0.2) is 4.98 Å². The molecule has 4 N–H and O–H groups in total. The first kappa shape index (κ1) is 19.2. The lowest BCUT2D eigenvalue weighted by atomic mass is 10.0. The van der Waals surface area contributed by atoms with Crippen LogP contribution in [0.2, 0.25) is 0 Å². The number of aliphatic hydroxyl groups is 1. The van der Waals surface area contributed by atoms with Gasteiger partial charge < -0.3 is 15.4 Å². The van der Waals surface area contributed by atoms with Crippen LogP contribution in [-0.4, -0.2) is 41.5 Å². The molecule has 156 valence electrons. The number of nitrogens with one attached hydrogen (secondary N) is 3. The van der Waals surface area contributed by atoms with E-state index in [-0.39, 0.29) is 0 Å². The molecular weight excluding hydrogens is 390 g/mol. The molecule has 1 unspecified atom stereocenters. The van der Waals surface area contributed by atoms with Crippen LogP contribution >= 0.6 is 0 Å². The first-order chi connectivity index (χ1) is 15.1. The van der Waals surface area contributed by atoms with Crippen molar-refractivity contribution < 1.29 is 5.11 Å². The van der Waals surface area contributed by atoms with Gasteiger partial charge in [-0.1, -0.05) is 19.9 Å². The number of benzene rings is 1. The van der Waals surface area contributed by atoms with Crippen molar-refractivity contribution in [3.8, 4) is 22.6 Å². The number of hydrogen-bond donors (Lipinski definition) is 4. The quantitative estimate of drug-likeness (QED) is 0.308. The minimum absolute atomic E-state index is 0.398. The third-order valence-corrected chi connectivity index (χ3v) is 5.17. The molecule has 0 amide bonds. The minimum Gasteiger partial charge on any atom is -0.374 e. The Hall–Kier alpha value is -3.78. The molecule has 0 radical (unpaired) electrons. The van der Waals surface area contributed by atoms with Crippen LogP contribution < -0.4 is 5.32 Å². The van der Waals surface area contributed by atoms with Gasteiger partial charge in [0, 0.05) is 23.3 Å². The van der Waals surface area contributed by atoms with Crippen LogP contribution in [0.25, 0.3) is 44.6 Å². The molecule has 31 heavy (non-hydrogen) atoms. The molecule has 0 aliphatic carbocycles. The Morgan fingerprint density at radius 3 is 2.74 bits per heavy atom. The lowest BCUT2D eigenvalue weighted by Crippen LogP contribution is -2.20. The van der Waals surface area contributed by atoms with Gasteiger partial charge in [-0.05, 0) is 42.2 Å². The van der Waals surface area contributed by atoms with Gasteiger partial charge in [0.05, 0.1) is 34.6 Å². The lowest BCUT2D eigenvalue weighted by molar-refractivity contribution is 0.176. The molecule has 8 heteroatoms. The highest BCUT2D eigenvalue weighted by Crippen LogP contribution is 2.30. The maximum absolute atomic E-state index is 10.2. The molecule has 0 aliphatic heterocycles. The highest BCUT2D eigenvalue weighted by molar-refractivity contribution is 5.95. The van der Waals surface area contributed by atoms with Crippen LogP contribution in [0.1, 0.15) is 20.3 Å². The van der Waals surface area contributed by atoms with Crippen molar-refractivity contribution in [2.24, 2.45) is 5.92 Å². The van der Waals surface area contributed by atoms with Gasteiger partial charge in [0.15, 0.2) is 5.82 Å². The molecule has 0 spiro atoms. The summed E-state index contributed by atoms with van der Waals surface area (Å²) in [5.41, 5.74) is 6.12. The fourth-order valence-electron chi connectivity index (χ4n) is 3.72. The zero-order chi connectivity index (χ0) is 21.4. The molecule has 0 bridgehead atoms. The Morgan fingerprint density at radius 2 is 1.90 bits per heavy atom. The van der Waals surface area contributed by atoms with Gasteiger partial charge in [-0.2, -0.15) is 5.10 Å². The Morgan fingerprint density at radius 1 is 1.00 bits per heavy atom. The van der Waals surface area contributed by atoms with Crippen LogP contribution in [0.4, 0.5) is 5.69 Å². The van der Waals surface area contributed by atoms with E-state index >= 15 is 0 Å². The first-order valence-corrected chi connectivity index (χ1v) is 10.2. The van der Waals surface area contributed by atoms with Crippen LogP contribution in [0, 0.1) is 5.92 Å². The van der Waals surface area contributed by atoms with Gasteiger partial charge in [-0.3, -0.25) is 15.1 Å². The molecule has 0 fully saturated rings. The number of H-pyrrole nitrogens is 2. The Balaban J connectivity index is 1.50. The van der Waals surface area contributed by atoms with Crippen molar-refractivity contribution in [2.45, 2.75) is 26.5 Å². The van der Waals surface area contributed by atoms with Gasteiger partial charge in [-0.15, -0.1) is 0 Å². The fraction of sp³-hybridized carbons (Fsp3) is 0.217. The molecule has 1 atom stereocenters. The average molecular weight is 413 g/mol. The largest absolute Gasteiger partial charge is 0.374 e. The molecule has 4 aromatic heterocycles. The van der Waals surface area contributed by atoms with Crippen molar-refractivity contribution in [3.05, 3.63) is 55.1 Å². The minimum atomic E-state index is -0.609. The second-order valence-electron chi connectivity index (χ2n) is 8.06. The van der Waals surface area contributed by atoms with E-state index in [4.69, 9.17) is 0 Å². The Kier molecular flexibility index (Phi) is 4.83. The second kappa shape index (κ2) is 7.81. The van der Waals surface area contributed by atoms with E-state index in [1.165, 1.54) is 0 Å². The number of nitrogens with zero attached hydrogens (tertiary/aromatic N) is 4. The third-order valence-electron chi connectivity index (χ3n) is 5.17. The van der Waals surface area contributed by atoms with E-state index < -0.39 is 6.23 Å². The van der Waals surface area contributed by atoms with E-state index in [1.54, 1.807) is 18.6 Å². The predicted octanol–water partition coefficient (Wildman–Crippen LogP) is 4.34. The first-order valence-electron chi connectivity index (χ1n) is 10.2. The van der Waals surface area contributed by atoms with Crippen molar-refractivity contribution in [1.29, 1.82) is 0 Å². The number of pyridine rings is 2. The summed E-state index contributed by atoms with van der Waals surface area (Å²) >= 11 is 0. The summed E-state index contributed by atoms with van der Waals surface area (Å²) in [7, 11) is 0. The lowest BCUT2D eigenvalue weighted by Gasteiger charge is -2.16. The van der Waals surface area contributed by atoms with Gasteiger partial charge in [0.2, 0.25) is 0 Å². The van der Waals surface area contributed by atoms with Crippen molar-refractivity contribution in [2.75, 3.05) is 5.32 Å². The summed E-state index contributed by atoms with van der Waals surface area (Å²) in [6, 6.07) is 9.96. The van der Waals surface area contributed by atoms with Crippen LogP contribution in [0.3, 0.4) is 0 Å². The summed E-state index contributed by atoms with van der Waals surface area (Å²) in [6.07, 6.45) is 7.07. The number of rotatable bonds is 6. The summed E-state index contributed by atoms with van der Waals surface area (Å²) < 4.78 is 0. The summed E-state index contributed by atoms with van der Waals surface area (Å²) in [5.74, 6) is 1.09. The monoisotopic (exact) mass is 413 g/mol. The summed E-state index contributed by atoms with van der Waals surface area (Å²) in [4.78, 5) is 16.4. The second-order valence-corrected chi connectivity index (χ2v) is 8.06. The van der Waals surface area contributed by atoms with E-state index in [0.29, 0.717) is 18.2 Å². The zero-order valence-electron chi connectivity index (χ0n) is 17.3. The highest BCUT2D eigenvalue weighted by atomic mass is 16.3. The Bertz CT molecular complexity index is 1320. The molecule has 8 nitrogen and oxygen atoms in total. The molecule has 4 heterocycles. The molecule has 5 rings (SSSR count). The number of hydrogen-bond acceptors (Lipinski definition) is 6. The van der Waals surface area contributed by atoms with E-state index in [9.17, 15) is 5.11 Å². The average Bonchev–Trinajstić information content (AvgIpc) is 3.36. The van der Waals surface area contributed by atoms with E-state index in [2.05, 4.69) is 55.4 Å². The summed E-state index contributed by atoms with van der Waals surface area (Å²) in [5, 5.41) is 21.8. The number of imidazole rings is 1. The third kappa shape index (κ3) is 3.85. The van der Waals surface area contributed by atoms with Crippen molar-refractivity contribution in [1.82, 2.24) is 30.1 Å². The van der Waals surface area contributed by atoms with Crippen LogP contribution in [0.15, 0.2) is 55.1 Å². The van der Waals surface area contributed by atoms with Gasteiger partial charge >= 0.3 is 0 Å². The summed E-state index contributed by atoms with van der Waals surface area (Å²) in [6.45, 7) is 4.16.